The molecule has 3 aromatic rings. The van der Waals surface area contributed by atoms with Crippen LogP contribution in [0.4, 0.5) is 5.69 Å². The Bertz CT molecular complexity index is 1180. The Kier molecular flexibility index (Phi) is 5.96. The molecule has 0 bridgehead atoms. The van der Waals surface area contributed by atoms with Crippen molar-refractivity contribution in [3.63, 3.8) is 0 Å². The van der Waals surface area contributed by atoms with Gasteiger partial charge in [0.05, 0.1) is 11.4 Å². The van der Waals surface area contributed by atoms with Crippen LogP contribution < -0.4 is 21.5 Å². The average Bonchev–Trinajstić information content (AvgIpc) is 3.16. The number of hydrazine groups is 1. The lowest BCUT2D eigenvalue weighted by molar-refractivity contribution is -0.117. The van der Waals surface area contributed by atoms with E-state index in [0.717, 1.165) is 11.1 Å². The van der Waals surface area contributed by atoms with Gasteiger partial charge in [-0.3, -0.25) is 20.4 Å². The van der Waals surface area contributed by atoms with Crippen molar-refractivity contribution >= 4 is 52.1 Å². The standard InChI is InChI=1S/C21H16ClN5O3S/c22-16-11-10-15(30-16)19(28)26-27-21(31)25-18-20(29)23-14-9-5-4-8-13(14)17(24-18)12-6-2-1-3-7-12/h1-11,18H,(H,23,29)(H,26,28)(H2,25,27,31). The summed E-state index contributed by atoms with van der Waals surface area (Å²) < 4.78 is 5.02. The number of fused-ring (bicyclic) bond motifs is 1. The molecule has 31 heavy (non-hydrogen) atoms. The summed E-state index contributed by atoms with van der Waals surface area (Å²) in [4.78, 5) is 29.4. The first-order valence-electron chi connectivity index (χ1n) is 9.17. The number of furan rings is 1. The molecule has 1 unspecified atom stereocenters. The maximum Gasteiger partial charge on any atom is 0.305 e. The molecule has 10 heteroatoms. The van der Waals surface area contributed by atoms with E-state index in [1.165, 1.54) is 12.1 Å². The highest BCUT2D eigenvalue weighted by atomic mass is 35.5. The van der Waals surface area contributed by atoms with E-state index in [4.69, 9.17) is 28.2 Å². The summed E-state index contributed by atoms with van der Waals surface area (Å²) in [7, 11) is 0. The predicted octanol–water partition coefficient (Wildman–Crippen LogP) is 2.86. The van der Waals surface area contributed by atoms with Gasteiger partial charge in [-0.15, -0.1) is 0 Å². The van der Waals surface area contributed by atoms with Crippen molar-refractivity contribution < 1.29 is 14.0 Å². The number of carbonyl (C=O) groups is 2. The van der Waals surface area contributed by atoms with Gasteiger partial charge in [-0.25, -0.2) is 4.99 Å². The number of halogens is 1. The van der Waals surface area contributed by atoms with Crippen LogP contribution in [0.1, 0.15) is 21.7 Å². The molecule has 0 saturated heterocycles. The first-order valence-corrected chi connectivity index (χ1v) is 9.95. The summed E-state index contributed by atoms with van der Waals surface area (Å²) in [5, 5.41) is 5.74. The topological polar surface area (TPSA) is 108 Å². The van der Waals surface area contributed by atoms with Crippen LogP contribution in [0.3, 0.4) is 0 Å². The number of nitrogens with zero attached hydrogens (tertiary/aromatic N) is 1. The molecule has 4 N–H and O–H groups in total. The lowest BCUT2D eigenvalue weighted by Crippen LogP contribution is -2.52. The molecule has 2 aromatic carbocycles. The summed E-state index contributed by atoms with van der Waals surface area (Å²) >= 11 is 10.9. The molecule has 0 radical (unpaired) electrons. The third kappa shape index (κ3) is 4.73. The zero-order valence-corrected chi connectivity index (χ0v) is 17.5. The van der Waals surface area contributed by atoms with Gasteiger partial charge in [0.25, 0.3) is 5.91 Å². The molecule has 2 heterocycles. The molecule has 0 fully saturated rings. The van der Waals surface area contributed by atoms with Crippen LogP contribution in [0, 0.1) is 0 Å². The van der Waals surface area contributed by atoms with E-state index in [-0.39, 0.29) is 16.1 Å². The Morgan fingerprint density at radius 2 is 1.77 bits per heavy atom. The van der Waals surface area contributed by atoms with E-state index in [1.807, 2.05) is 48.5 Å². The first kappa shape index (κ1) is 20.6. The number of thiocarbonyl (C=S) groups is 1. The van der Waals surface area contributed by atoms with Gasteiger partial charge < -0.3 is 15.1 Å². The van der Waals surface area contributed by atoms with Crippen LogP contribution in [0.5, 0.6) is 0 Å². The zero-order valence-electron chi connectivity index (χ0n) is 15.9. The molecule has 0 aliphatic carbocycles. The lowest BCUT2D eigenvalue weighted by atomic mass is 10.0. The minimum Gasteiger partial charge on any atom is -0.439 e. The second kappa shape index (κ2) is 8.99. The van der Waals surface area contributed by atoms with Crippen LogP contribution >= 0.6 is 23.8 Å². The predicted molar refractivity (Wildman–Crippen MR) is 121 cm³/mol. The highest BCUT2D eigenvalue weighted by Gasteiger charge is 2.26. The number of hydrogen-bond donors (Lipinski definition) is 4. The molecule has 2 amide bonds. The lowest BCUT2D eigenvalue weighted by Gasteiger charge is -2.16. The van der Waals surface area contributed by atoms with Gasteiger partial charge in [-0.2, -0.15) is 0 Å². The van der Waals surface area contributed by atoms with Crippen molar-refractivity contribution in [3.05, 3.63) is 88.8 Å². The van der Waals surface area contributed by atoms with E-state index in [9.17, 15) is 9.59 Å². The Morgan fingerprint density at radius 3 is 2.52 bits per heavy atom. The number of carbonyl (C=O) groups excluding carboxylic acids is 2. The van der Waals surface area contributed by atoms with E-state index >= 15 is 0 Å². The first-order chi connectivity index (χ1) is 15.0. The molecule has 8 nitrogen and oxygen atoms in total. The Balaban J connectivity index is 1.53. The Labute approximate surface area is 187 Å². The number of amides is 2. The number of nitrogens with one attached hydrogen (secondary N) is 4. The molecule has 0 spiro atoms. The fourth-order valence-electron chi connectivity index (χ4n) is 2.95. The SMILES string of the molecule is O=C(NNC(=S)NC1N=C(c2ccccc2)c2ccccc2NC1=O)c1ccc(Cl)o1. The van der Waals surface area contributed by atoms with Gasteiger partial charge in [-0.1, -0.05) is 48.5 Å². The molecule has 0 saturated carbocycles. The number of benzene rings is 2. The number of anilines is 1. The van der Waals surface area contributed by atoms with Crippen molar-refractivity contribution in [2.75, 3.05) is 5.32 Å². The van der Waals surface area contributed by atoms with Crippen molar-refractivity contribution in [2.45, 2.75) is 6.17 Å². The molecule has 156 valence electrons. The van der Waals surface area contributed by atoms with Crippen molar-refractivity contribution in [1.82, 2.24) is 16.2 Å². The summed E-state index contributed by atoms with van der Waals surface area (Å²) in [5.41, 5.74) is 7.79. The van der Waals surface area contributed by atoms with E-state index in [1.54, 1.807) is 6.07 Å². The van der Waals surface area contributed by atoms with Gasteiger partial charge in [0.2, 0.25) is 6.17 Å². The third-order valence-electron chi connectivity index (χ3n) is 4.35. The molecular weight excluding hydrogens is 438 g/mol. The second-order valence-electron chi connectivity index (χ2n) is 6.44. The van der Waals surface area contributed by atoms with E-state index in [0.29, 0.717) is 11.4 Å². The molecule has 1 atom stereocenters. The fourth-order valence-corrected chi connectivity index (χ4v) is 3.26. The van der Waals surface area contributed by atoms with Crippen LogP contribution in [-0.4, -0.2) is 28.8 Å². The van der Waals surface area contributed by atoms with Gasteiger partial charge in [0.15, 0.2) is 16.1 Å². The smallest absolute Gasteiger partial charge is 0.305 e. The number of rotatable bonds is 3. The quantitative estimate of drug-likeness (QED) is 0.359. The second-order valence-corrected chi connectivity index (χ2v) is 7.22. The molecule has 1 aliphatic heterocycles. The average molecular weight is 454 g/mol. The van der Waals surface area contributed by atoms with Crippen molar-refractivity contribution in [3.8, 4) is 0 Å². The summed E-state index contributed by atoms with van der Waals surface area (Å²) in [5.74, 6) is -0.971. The number of hydrogen-bond acceptors (Lipinski definition) is 5. The van der Waals surface area contributed by atoms with Crippen molar-refractivity contribution in [1.29, 1.82) is 0 Å². The van der Waals surface area contributed by atoms with Gasteiger partial charge in [0.1, 0.15) is 0 Å². The zero-order chi connectivity index (χ0) is 21.8. The van der Waals surface area contributed by atoms with Crippen LogP contribution in [0.2, 0.25) is 5.22 Å². The summed E-state index contributed by atoms with van der Waals surface area (Å²) in [6.07, 6.45) is -1.03. The van der Waals surface area contributed by atoms with Gasteiger partial charge in [0, 0.05) is 11.1 Å². The normalized spacial score (nSPS) is 15.1. The van der Waals surface area contributed by atoms with E-state index in [2.05, 4.69) is 26.5 Å². The van der Waals surface area contributed by atoms with Crippen molar-refractivity contribution in [2.24, 2.45) is 4.99 Å². The number of aliphatic imine (C=N–C) groups is 1. The minimum absolute atomic E-state index is 0.00623. The monoisotopic (exact) mass is 453 g/mol. The van der Waals surface area contributed by atoms with Crippen LogP contribution in [-0.2, 0) is 4.79 Å². The molecular formula is C21H16ClN5O3S. The minimum atomic E-state index is -1.03. The van der Waals surface area contributed by atoms with E-state index < -0.39 is 18.0 Å². The largest absolute Gasteiger partial charge is 0.439 e. The maximum absolute atomic E-state index is 12.8. The highest BCUT2D eigenvalue weighted by molar-refractivity contribution is 7.80. The highest BCUT2D eigenvalue weighted by Crippen LogP contribution is 2.23. The third-order valence-corrected chi connectivity index (χ3v) is 4.77. The Hall–Kier alpha value is -3.69. The van der Waals surface area contributed by atoms with Gasteiger partial charge >= 0.3 is 5.91 Å². The number of para-hydroxylation sites is 1. The fraction of sp³-hybridized carbons (Fsp3) is 0.0476. The van der Waals surface area contributed by atoms with Crippen LogP contribution in [0.25, 0.3) is 0 Å². The molecule has 4 rings (SSSR count). The number of benzodiazepines with no additional fused rings is 1. The maximum atomic E-state index is 12.8. The molecule has 1 aliphatic rings. The van der Waals surface area contributed by atoms with Crippen LogP contribution in [0.15, 0.2) is 76.1 Å². The Morgan fingerprint density at radius 1 is 1.03 bits per heavy atom. The van der Waals surface area contributed by atoms with Gasteiger partial charge in [-0.05, 0) is 42.0 Å². The molecule has 1 aromatic heterocycles. The summed E-state index contributed by atoms with van der Waals surface area (Å²) in [6, 6.07) is 19.8. The summed E-state index contributed by atoms with van der Waals surface area (Å²) in [6.45, 7) is 0.